The third kappa shape index (κ3) is 2.73. The minimum Gasteiger partial charge on any atom is -0.363 e. The summed E-state index contributed by atoms with van der Waals surface area (Å²) in [6.07, 6.45) is 2.94. The van der Waals surface area contributed by atoms with Crippen molar-refractivity contribution < 1.29 is 0 Å². The van der Waals surface area contributed by atoms with Gasteiger partial charge in [-0.15, -0.1) is 5.10 Å². The van der Waals surface area contributed by atoms with E-state index in [0.717, 1.165) is 49.9 Å². The summed E-state index contributed by atoms with van der Waals surface area (Å²) in [5, 5.41) is 14.8. The molecule has 19 heavy (non-hydrogen) atoms. The van der Waals surface area contributed by atoms with Gasteiger partial charge in [0.1, 0.15) is 11.6 Å². The predicted molar refractivity (Wildman–Crippen MR) is 72.9 cm³/mol. The van der Waals surface area contributed by atoms with Gasteiger partial charge in [0.25, 0.3) is 0 Å². The highest BCUT2D eigenvalue weighted by molar-refractivity contribution is 5.33. The summed E-state index contributed by atoms with van der Waals surface area (Å²) in [5.74, 6) is 1.96. The summed E-state index contributed by atoms with van der Waals surface area (Å²) in [6.45, 7) is 5.64. The molecule has 2 N–H and O–H groups in total. The van der Waals surface area contributed by atoms with Crippen LogP contribution < -0.4 is 10.6 Å². The second-order valence-electron chi connectivity index (χ2n) is 4.73. The fourth-order valence-corrected chi connectivity index (χ4v) is 2.26. The molecule has 6 nitrogen and oxygen atoms in total. The van der Waals surface area contributed by atoms with Gasteiger partial charge < -0.3 is 15.2 Å². The third-order valence-electron chi connectivity index (χ3n) is 3.31. The standard InChI is InChI=1S/C13H18N6/c1-10-2-3-12(18-17-10)15-8-11-9-16-13-4-5-14-6-7-19(11)13/h2-3,9,14H,4-8H2,1H3,(H,15,18). The van der Waals surface area contributed by atoms with E-state index in [1.54, 1.807) is 0 Å². The second-order valence-corrected chi connectivity index (χ2v) is 4.73. The molecule has 0 aliphatic carbocycles. The van der Waals surface area contributed by atoms with Gasteiger partial charge in [0.05, 0.1) is 24.1 Å². The lowest BCUT2D eigenvalue weighted by molar-refractivity contribution is 0.628. The topological polar surface area (TPSA) is 67.7 Å². The first-order valence-electron chi connectivity index (χ1n) is 6.61. The summed E-state index contributed by atoms with van der Waals surface area (Å²) in [7, 11) is 0. The maximum absolute atomic E-state index is 4.49. The summed E-state index contributed by atoms with van der Waals surface area (Å²) >= 11 is 0. The number of fused-ring (bicyclic) bond motifs is 1. The molecule has 100 valence electrons. The molecular weight excluding hydrogens is 240 g/mol. The van der Waals surface area contributed by atoms with Crippen LogP contribution in [0.5, 0.6) is 0 Å². The normalized spacial score (nSPS) is 14.8. The molecule has 0 aromatic carbocycles. The number of imidazole rings is 1. The largest absolute Gasteiger partial charge is 0.363 e. The Morgan fingerprint density at radius 1 is 1.32 bits per heavy atom. The first-order valence-corrected chi connectivity index (χ1v) is 6.61. The average molecular weight is 258 g/mol. The molecule has 2 aromatic rings. The Labute approximate surface area is 112 Å². The van der Waals surface area contributed by atoms with Crippen molar-refractivity contribution >= 4 is 5.82 Å². The second kappa shape index (κ2) is 5.36. The Bertz CT molecular complexity index is 545. The molecule has 6 heteroatoms. The minimum atomic E-state index is 0.727. The summed E-state index contributed by atoms with van der Waals surface area (Å²) in [4.78, 5) is 4.49. The van der Waals surface area contributed by atoms with Gasteiger partial charge in [0.2, 0.25) is 0 Å². The van der Waals surface area contributed by atoms with E-state index in [1.165, 1.54) is 5.69 Å². The number of rotatable bonds is 3. The molecule has 1 aliphatic heterocycles. The van der Waals surface area contributed by atoms with Crippen molar-refractivity contribution in [3.05, 3.63) is 35.5 Å². The number of nitrogens with one attached hydrogen (secondary N) is 2. The first-order chi connectivity index (χ1) is 9.33. The highest BCUT2D eigenvalue weighted by atomic mass is 15.2. The van der Waals surface area contributed by atoms with Gasteiger partial charge in [-0.25, -0.2) is 4.98 Å². The molecule has 3 heterocycles. The van der Waals surface area contributed by atoms with Crippen molar-refractivity contribution in [1.82, 2.24) is 25.1 Å². The summed E-state index contributed by atoms with van der Waals surface area (Å²) in [6, 6.07) is 3.90. The van der Waals surface area contributed by atoms with Gasteiger partial charge in [-0.2, -0.15) is 5.10 Å². The molecule has 0 unspecified atom stereocenters. The number of aryl methyl sites for hydroxylation is 1. The van der Waals surface area contributed by atoms with Gasteiger partial charge in [-0.1, -0.05) is 0 Å². The number of anilines is 1. The van der Waals surface area contributed by atoms with Crippen molar-refractivity contribution in [3.8, 4) is 0 Å². The highest BCUT2D eigenvalue weighted by Crippen LogP contribution is 2.10. The molecule has 0 fully saturated rings. The quantitative estimate of drug-likeness (QED) is 0.850. The Balaban J connectivity index is 1.70. The van der Waals surface area contributed by atoms with E-state index in [0.29, 0.717) is 0 Å². The van der Waals surface area contributed by atoms with Crippen LogP contribution in [0.25, 0.3) is 0 Å². The maximum Gasteiger partial charge on any atom is 0.148 e. The third-order valence-corrected chi connectivity index (χ3v) is 3.31. The van der Waals surface area contributed by atoms with Crippen LogP contribution in [0.3, 0.4) is 0 Å². The van der Waals surface area contributed by atoms with E-state index in [-0.39, 0.29) is 0 Å². The van der Waals surface area contributed by atoms with Gasteiger partial charge in [0, 0.05) is 26.1 Å². The molecular formula is C13H18N6. The van der Waals surface area contributed by atoms with E-state index < -0.39 is 0 Å². The number of hydrogen-bond acceptors (Lipinski definition) is 5. The Morgan fingerprint density at radius 3 is 3.11 bits per heavy atom. The van der Waals surface area contributed by atoms with Gasteiger partial charge in [-0.05, 0) is 19.1 Å². The Kier molecular flexibility index (Phi) is 3.41. The number of aromatic nitrogens is 4. The van der Waals surface area contributed by atoms with E-state index >= 15 is 0 Å². The van der Waals surface area contributed by atoms with Crippen LogP contribution in [-0.2, 0) is 19.5 Å². The fraction of sp³-hybridized carbons (Fsp3) is 0.462. The lowest BCUT2D eigenvalue weighted by Gasteiger charge is -2.09. The molecule has 2 aromatic heterocycles. The van der Waals surface area contributed by atoms with Crippen molar-refractivity contribution in [1.29, 1.82) is 0 Å². The zero-order valence-corrected chi connectivity index (χ0v) is 11.1. The van der Waals surface area contributed by atoms with Gasteiger partial charge >= 0.3 is 0 Å². The van der Waals surface area contributed by atoms with Crippen LogP contribution in [0.4, 0.5) is 5.82 Å². The smallest absolute Gasteiger partial charge is 0.148 e. The van der Waals surface area contributed by atoms with Crippen LogP contribution in [0.1, 0.15) is 17.2 Å². The van der Waals surface area contributed by atoms with Crippen LogP contribution in [0, 0.1) is 6.92 Å². The van der Waals surface area contributed by atoms with Crippen LogP contribution in [0.2, 0.25) is 0 Å². The molecule has 0 spiro atoms. The average Bonchev–Trinajstić information content (AvgIpc) is 2.66. The fourth-order valence-electron chi connectivity index (χ4n) is 2.26. The molecule has 3 rings (SSSR count). The molecule has 0 saturated heterocycles. The molecule has 0 amide bonds. The molecule has 0 bridgehead atoms. The van der Waals surface area contributed by atoms with Crippen molar-refractivity contribution in [3.63, 3.8) is 0 Å². The van der Waals surface area contributed by atoms with Crippen molar-refractivity contribution in [2.75, 3.05) is 18.4 Å². The van der Waals surface area contributed by atoms with Gasteiger partial charge in [0.15, 0.2) is 0 Å². The van der Waals surface area contributed by atoms with Crippen LogP contribution in [0.15, 0.2) is 18.3 Å². The van der Waals surface area contributed by atoms with E-state index in [9.17, 15) is 0 Å². The van der Waals surface area contributed by atoms with Crippen LogP contribution in [-0.4, -0.2) is 32.8 Å². The predicted octanol–water partition coefficient (Wildman–Crippen LogP) is 0.739. The maximum atomic E-state index is 4.49. The first kappa shape index (κ1) is 12.1. The number of nitrogens with zero attached hydrogens (tertiary/aromatic N) is 4. The van der Waals surface area contributed by atoms with E-state index in [1.807, 2.05) is 25.3 Å². The Morgan fingerprint density at radius 2 is 2.26 bits per heavy atom. The molecule has 0 atom stereocenters. The molecule has 0 radical (unpaired) electrons. The SMILES string of the molecule is Cc1ccc(NCc2cnc3n2CCNCC3)nn1. The van der Waals surface area contributed by atoms with Crippen molar-refractivity contribution in [2.24, 2.45) is 0 Å². The monoisotopic (exact) mass is 258 g/mol. The Hall–Kier alpha value is -1.95. The van der Waals surface area contributed by atoms with Crippen LogP contribution >= 0.6 is 0 Å². The van der Waals surface area contributed by atoms with Gasteiger partial charge in [-0.3, -0.25) is 0 Å². The number of hydrogen-bond donors (Lipinski definition) is 2. The molecule has 0 saturated carbocycles. The molecule has 1 aliphatic rings. The minimum absolute atomic E-state index is 0.727. The highest BCUT2D eigenvalue weighted by Gasteiger charge is 2.12. The lowest BCUT2D eigenvalue weighted by Crippen LogP contribution is -2.18. The van der Waals surface area contributed by atoms with Crippen molar-refractivity contribution in [2.45, 2.75) is 26.4 Å². The summed E-state index contributed by atoms with van der Waals surface area (Å²) in [5.41, 5.74) is 2.12. The summed E-state index contributed by atoms with van der Waals surface area (Å²) < 4.78 is 2.29. The lowest BCUT2D eigenvalue weighted by atomic mass is 10.4. The van der Waals surface area contributed by atoms with E-state index in [4.69, 9.17) is 0 Å². The van der Waals surface area contributed by atoms with E-state index in [2.05, 4.69) is 30.4 Å². The zero-order valence-electron chi connectivity index (χ0n) is 11.1. The zero-order chi connectivity index (χ0) is 13.1.